The Labute approximate surface area is 58.2 Å². The molecule has 0 radical (unpaired) electrons. The van der Waals surface area contributed by atoms with Crippen molar-refractivity contribution in [2.75, 3.05) is 0 Å². The van der Waals surface area contributed by atoms with E-state index in [1.165, 1.54) is 18.3 Å². The molecule has 0 spiro atoms. The van der Waals surface area contributed by atoms with Crippen molar-refractivity contribution in [3.63, 3.8) is 0 Å². The van der Waals surface area contributed by atoms with Crippen LogP contribution in [0.3, 0.4) is 0 Å². The van der Waals surface area contributed by atoms with Gasteiger partial charge in [0.25, 0.3) is 0 Å². The molecule has 31 valence electrons. The SMILES string of the molecule is Br.N#CC[CH2][Zn]. The molecule has 0 aromatic carbocycles. The molecule has 0 heterocycles. The molecule has 0 saturated carbocycles. The molecule has 0 N–H and O–H groups in total. The van der Waals surface area contributed by atoms with E-state index >= 15 is 0 Å². The maximum atomic E-state index is 7.84. The zero-order valence-electron chi connectivity index (χ0n) is 3.48. The normalized spacial score (nSPS) is 5.50. The van der Waals surface area contributed by atoms with Crippen molar-refractivity contribution < 1.29 is 18.3 Å². The third kappa shape index (κ3) is 8.82. The minimum atomic E-state index is 0. The molecule has 0 bridgehead atoms. The van der Waals surface area contributed by atoms with Gasteiger partial charge in [-0.1, -0.05) is 0 Å². The zero-order chi connectivity index (χ0) is 4.12. The van der Waals surface area contributed by atoms with Crippen molar-refractivity contribution in [3.8, 4) is 6.07 Å². The number of rotatable bonds is 1. The van der Waals surface area contributed by atoms with Gasteiger partial charge in [0, 0.05) is 0 Å². The van der Waals surface area contributed by atoms with E-state index in [9.17, 15) is 0 Å². The van der Waals surface area contributed by atoms with Crippen LogP contribution in [0.1, 0.15) is 6.42 Å². The molecule has 0 aliphatic rings. The maximum absolute atomic E-state index is 7.84. The fourth-order valence-corrected chi connectivity index (χ4v) is 0.411. The van der Waals surface area contributed by atoms with E-state index < -0.39 is 0 Å². The van der Waals surface area contributed by atoms with E-state index in [0.29, 0.717) is 0 Å². The molecule has 1 nitrogen and oxygen atoms in total. The van der Waals surface area contributed by atoms with Gasteiger partial charge in [-0.15, -0.1) is 17.0 Å². The second kappa shape index (κ2) is 9.14. The van der Waals surface area contributed by atoms with Gasteiger partial charge in [-0.25, -0.2) is 0 Å². The van der Waals surface area contributed by atoms with Crippen molar-refractivity contribution in [2.24, 2.45) is 0 Å². The van der Waals surface area contributed by atoms with Gasteiger partial charge in [0.05, 0.1) is 0 Å². The first-order valence-corrected chi connectivity index (χ1v) is 3.68. The van der Waals surface area contributed by atoms with Gasteiger partial charge in [-0.05, 0) is 0 Å². The standard InChI is InChI=1S/C3H4N.BrH.Zn/c1-2-3-4;;/h1-2H2;1H;. The van der Waals surface area contributed by atoms with Crippen molar-refractivity contribution >= 4 is 17.0 Å². The van der Waals surface area contributed by atoms with E-state index in [4.69, 9.17) is 5.26 Å². The second-order valence-corrected chi connectivity index (χ2v) is 2.25. The van der Waals surface area contributed by atoms with Crippen LogP contribution in [-0.2, 0) is 18.3 Å². The average molecular weight is 200 g/mol. The first-order valence-electron chi connectivity index (χ1n) is 1.58. The molecule has 0 amide bonds. The van der Waals surface area contributed by atoms with Gasteiger partial charge >= 0.3 is 41.1 Å². The summed E-state index contributed by atoms with van der Waals surface area (Å²) in [5, 5.41) is 8.94. The molecule has 0 fully saturated rings. The van der Waals surface area contributed by atoms with Gasteiger partial charge in [-0.3, -0.25) is 0 Å². The fraction of sp³-hybridized carbons (Fsp3) is 0.667. The molecule has 3 heteroatoms. The van der Waals surface area contributed by atoms with Gasteiger partial charge in [0.15, 0.2) is 0 Å². The monoisotopic (exact) mass is 198 g/mol. The van der Waals surface area contributed by atoms with E-state index in [1.54, 1.807) is 0 Å². The van der Waals surface area contributed by atoms with Crippen LogP contribution in [0.15, 0.2) is 0 Å². The number of hydrogen-bond acceptors (Lipinski definition) is 1. The van der Waals surface area contributed by atoms with Gasteiger partial charge in [0.1, 0.15) is 0 Å². The number of hydrogen-bond donors (Lipinski definition) is 0. The summed E-state index contributed by atoms with van der Waals surface area (Å²) in [6.07, 6.45) is 0.750. The zero-order valence-corrected chi connectivity index (χ0v) is 8.16. The summed E-state index contributed by atoms with van der Waals surface area (Å²) in [5.74, 6) is 0. The molecule has 0 aliphatic heterocycles. The average Bonchev–Trinajstić information content (AvgIpc) is 1.41. The summed E-state index contributed by atoms with van der Waals surface area (Å²) >= 11 is 1.26. The van der Waals surface area contributed by atoms with Crippen molar-refractivity contribution in [3.05, 3.63) is 0 Å². The topological polar surface area (TPSA) is 23.8 Å². The first kappa shape index (κ1) is 9.78. The van der Waals surface area contributed by atoms with Crippen LogP contribution in [0.2, 0.25) is 5.02 Å². The molecule has 0 atom stereocenters. The van der Waals surface area contributed by atoms with E-state index in [1.807, 2.05) is 6.07 Å². The summed E-state index contributed by atoms with van der Waals surface area (Å²) < 4.78 is 0. The third-order valence-electron chi connectivity index (χ3n) is 0.289. The van der Waals surface area contributed by atoms with Crippen LogP contribution in [0.4, 0.5) is 0 Å². The second-order valence-electron chi connectivity index (χ2n) is 0.762. The van der Waals surface area contributed by atoms with Crippen molar-refractivity contribution in [2.45, 2.75) is 11.4 Å². The Morgan fingerprint density at radius 2 is 2.17 bits per heavy atom. The van der Waals surface area contributed by atoms with E-state index in [-0.39, 0.29) is 17.0 Å². The first-order chi connectivity index (χ1) is 2.41. The van der Waals surface area contributed by atoms with Crippen molar-refractivity contribution in [1.29, 1.82) is 5.26 Å². The minimum absolute atomic E-state index is 0. The predicted molar refractivity (Wildman–Crippen MR) is 25.4 cm³/mol. The Balaban J connectivity index is 0. The van der Waals surface area contributed by atoms with Gasteiger partial charge < -0.3 is 0 Å². The fourth-order valence-electron chi connectivity index (χ4n) is 0.0791. The van der Waals surface area contributed by atoms with Crippen LogP contribution in [0.5, 0.6) is 0 Å². The Kier molecular flexibility index (Phi) is 14.9. The quantitative estimate of drug-likeness (QED) is 0.588. The Morgan fingerprint density at radius 3 is 2.17 bits per heavy atom. The summed E-state index contributed by atoms with van der Waals surface area (Å²) in [6.45, 7) is 0. The Bertz CT molecular complexity index is 49.2. The number of halogens is 1. The van der Waals surface area contributed by atoms with E-state index in [2.05, 4.69) is 0 Å². The van der Waals surface area contributed by atoms with Crippen LogP contribution in [-0.4, -0.2) is 0 Å². The third-order valence-corrected chi connectivity index (χ3v) is 1.03. The summed E-state index contributed by atoms with van der Waals surface area (Å²) in [5.41, 5.74) is 0. The van der Waals surface area contributed by atoms with Crippen LogP contribution < -0.4 is 0 Å². The number of nitriles is 1. The molecule has 0 rings (SSSR count). The molecular weight excluding hydrogens is 195 g/mol. The van der Waals surface area contributed by atoms with Gasteiger partial charge in [0.2, 0.25) is 0 Å². The predicted octanol–water partition coefficient (Wildman–Crippen LogP) is 1.44. The van der Waals surface area contributed by atoms with Crippen LogP contribution in [0.25, 0.3) is 0 Å². The molecule has 0 aromatic heterocycles. The summed E-state index contributed by atoms with van der Waals surface area (Å²) in [6, 6.07) is 2.05. The van der Waals surface area contributed by atoms with Gasteiger partial charge in [-0.2, -0.15) is 0 Å². The molecule has 0 unspecified atom stereocenters. The van der Waals surface area contributed by atoms with E-state index in [0.717, 1.165) is 11.4 Å². The van der Waals surface area contributed by atoms with Crippen LogP contribution >= 0.6 is 17.0 Å². The Hall–Kier alpha value is 0.593. The number of nitrogens with zero attached hydrogens (tertiary/aromatic N) is 1. The van der Waals surface area contributed by atoms with Crippen LogP contribution in [0, 0.1) is 11.3 Å². The molecular formula is C3H5BrNZn. The summed E-state index contributed by atoms with van der Waals surface area (Å²) in [7, 11) is 0. The van der Waals surface area contributed by atoms with Crippen molar-refractivity contribution in [1.82, 2.24) is 0 Å². The molecule has 0 aromatic rings. The molecule has 6 heavy (non-hydrogen) atoms. The Morgan fingerprint density at radius 1 is 1.67 bits per heavy atom. The summed E-state index contributed by atoms with van der Waals surface area (Å²) in [4.78, 5) is 0. The molecule has 0 aliphatic carbocycles. The molecule has 0 saturated heterocycles.